The summed E-state index contributed by atoms with van der Waals surface area (Å²) in [6, 6.07) is 5.45. The number of amides is 1. The van der Waals surface area contributed by atoms with Crippen LogP contribution < -0.4 is 11.1 Å². The van der Waals surface area contributed by atoms with Crippen molar-refractivity contribution in [2.45, 2.75) is 32.6 Å². The van der Waals surface area contributed by atoms with Crippen molar-refractivity contribution in [1.82, 2.24) is 5.32 Å². The predicted molar refractivity (Wildman–Crippen MR) is 85.4 cm³/mol. The van der Waals surface area contributed by atoms with Crippen LogP contribution in [0.15, 0.2) is 18.2 Å². The maximum Gasteiger partial charge on any atom is 0.308 e. The summed E-state index contributed by atoms with van der Waals surface area (Å²) in [6.07, 6.45) is 3.53. The molecule has 0 heterocycles. The summed E-state index contributed by atoms with van der Waals surface area (Å²) in [5, 5.41) is 2.96. The van der Waals surface area contributed by atoms with Crippen LogP contribution in [0.1, 0.15) is 41.6 Å². The van der Waals surface area contributed by atoms with E-state index in [0.717, 1.165) is 31.2 Å². The van der Waals surface area contributed by atoms with E-state index < -0.39 is 0 Å². The SMILES string of the molecule is COC(=O)C1CCC(CNC(=O)c2cc(C)ccc2N)CC1. The van der Waals surface area contributed by atoms with E-state index in [9.17, 15) is 9.59 Å². The number of aryl methyl sites for hydroxylation is 1. The summed E-state index contributed by atoms with van der Waals surface area (Å²) in [7, 11) is 1.43. The van der Waals surface area contributed by atoms with E-state index in [4.69, 9.17) is 10.5 Å². The molecule has 1 saturated carbocycles. The lowest BCUT2D eigenvalue weighted by Gasteiger charge is -2.27. The Morgan fingerprint density at radius 2 is 1.95 bits per heavy atom. The minimum Gasteiger partial charge on any atom is -0.469 e. The number of carbonyl (C=O) groups is 2. The monoisotopic (exact) mass is 304 g/mol. The second-order valence-electron chi connectivity index (χ2n) is 6.04. The van der Waals surface area contributed by atoms with Gasteiger partial charge in [0.15, 0.2) is 0 Å². The number of nitrogen functional groups attached to an aromatic ring is 1. The second-order valence-corrected chi connectivity index (χ2v) is 6.04. The van der Waals surface area contributed by atoms with Crippen molar-refractivity contribution < 1.29 is 14.3 Å². The molecule has 0 radical (unpaired) electrons. The van der Waals surface area contributed by atoms with Gasteiger partial charge in [-0.05, 0) is 50.7 Å². The minimum atomic E-state index is -0.128. The zero-order valence-corrected chi connectivity index (χ0v) is 13.2. The van der Waals surface area contributed by atoms with Crippen LogP contribution in [0.5, 0.6) is 0 Å². The van der Waals surface area contributed by atoms with Crippen LogP contribution in [-0.4, -0.2) is 25.5 Å². The van der Waals surface area contributed by atoms with Gasteiger partial charge in [-0.2, -0.15) is 0 Å². The van der Waals surface area contributed by atoms with E-state index >= 15 is 0 Å². The van der Waals surface area contributed by atoms with Crippen molar-refractivity contribution in [3.05, 3.63) is 29.3 Å². The highest BCUT2D eigenvalue weighted by molar-refractivity contribution is 5.99. The van der Waals surface area contributed by atoms with Crippen LogP contribution in [0.2, 0.25) is 0 Å². The van der Waals surface area contributed by atoms with E-state index in [2.05, 4.69) is 5.32 Å². The molecule has 0 unspecified atom stereocenters. The van der Waals surface area contributed by atoms with Crippen LogP contribution >= 0.6 is 0 Å². The molecule has 1 aliphatic rings. The third-order valence-electron chi connectivity index (χ3n) is 4.39. The highest BCUT2D eigenvalue weighted by Crippen LogP contribution is 2.29. The summed E-state index contributed by atoms with van der Waals surface area (Å²) in [5.41, 5.74) is 7.89. The smallest absolute Gasteiger partial charge is 0.308 e. The molecular formula is C17H24N2O3. The van der Waals surface area contributed by atoms with Crippen molar-refractivity contribution in [1.29, 1.82) is 0 Å². The van der Waals surface area contributed by atoms with Gasteiger partial charge >= 0.3 is 5.97 Å². The molecule has 1 aliphatic carbocycles. The Morgan fingerprint density at radius 1 is 1.27 bits per heavy atom. The molecule has 0 atom stereocenters. The summed E-state index contributed by atoms with van der Waals surface area (Å²) < 4.78 is 4.78. The predicted octanol–water partition coefficient (Wildman–Crippen LogP) is 2.29. The van der Waals surface area contributed by atoms with Gasteiger partial charge in [0.05, 0.1) is 18.6 Å². The first-order valence-electron chi connectivity index (χ1n) is 7.73. The van der Waals surface area contributed by atoms with Crippen molar-refractivity contribution in [3.8, 4) is 0 Å². The van der Waals surface area contributed by atoms with Crippen LogP contribution in [-0.2, 0) is 9.53 Å². The van der Waals surface area contributed by atoms with Crippen LogP contribution in [0.3, 0.4) is 0 Å². The highest BCUT2D eigenvalue weighted by atomic mass is 16.5. The number of hydrogen-bond acceptors (Lipinski definition) is 4. The lowest BCUT2D eigenvalue weighted by atomic mass is 9.82. The van der Waals surface area contributed by atoms with Crippen molar-refractivity contribution in [3.63, 3.8) is 0 Å². The fraction of sp³-hybridized carbons (Fsp3) is 0.529. The number of ether oxygens (including phenoxy) is 1. The number of carbonyl (C=O) groups excluding carboxylic acids is 2. The highest BCUT2D eigenvalue weighted by Gasteiger charge is 2.27. The van der Waals surface area contributed by atoms with Gasteiger partial charge in [-0.25, -0.2) is 0 Å². The Labute approximate surface area is 131 Å². The number of benzene rings is 1. The number of esters is 1. The molecule has 2 rings (SSSR count). The first-order valence-corrected chi connectivity index (χ1v) is 7.73. The lowest BCUT2D eigenvalue weighted by molar-refractivity contribution is -0.146. The Balaban J connectivity index is 1.83. The van der Waals surface area contributed by atoms with E-state index in [1.165, 1.54) is 7.11 Å². The van der Waals surface area contributed by atoms with Gasteiger partial charge in [0, 0.05) is 12.2 Å². The first kappa shape index (κ1) is 16.3. The minimum absolute atomic E-state index is 0.0179. The van der Waals surface area contributed by atoms with Gasteiger partial charge < -0.3 is 15.8 Å². The third kappa shape index (κ3) is 4.00. The number of rotatable bonds is 4. The quantitative estimate of drug-likeness (QED) is 0.660. The largest absolute Gasteiger partial charge is 0.469 e. The molecule has 1 aromatic carbocycles. The second kappa shape index (κ2) is 7.29. The molecule has 5 nitrogen and oxygen atoms in total. The molecule has 1 fully saturated rings. The van der Waals surface area contributed by atoms with E-state index in [1.54, 1.807) is 12.1 Å². The molecule has 22 heavy (non-hydrogen) atoms. The molecule has 1 amide bonds. The van der Waals surface area contributed by atoms with Gasteiger partial charge in [0.1, 0.15) is 0 Å². The Hall–Kier alpha value is -2.04. The van der Waals surface area contributed by atoms with Gasteiger partial charge in [-0.15, -0.1) is 0 Å². The molecular weight excluding hydrogens is 280 g/mol. The molecule has 0 spiro atoms. The summed E-state index contributed by atoms with van der Waals surface area (Å²) in [5.74, 6) is 0.187. The first-order chi connectivity index (χ1) is 10.5. The Bertz CT molecular complexity index is 549. The number of nitrogens with two attached hydrogens (primary N) is 1. The number of methoxy groups -OCH3 is 1. The Kier molecular flexibility index (Phi) is 5.41. The maximum atomic E-state index is 12.2. The number of hydrogen-bond donors (Lipinski definition) is 2. The fourth-order valence-corrected chi connectivity index (χ4v) is 2.97. The van der Waals surface area contributed by atoms with Crippen molar-refractivity contribution in [2.75, 3.05) is 19.4 Å². The number of nitrogens with one attached hydrogen (secondary N) is 1. The molecule has 0 aromatic heterocycles. The molecule has 0 bridgehead atoms. The van der Waals surface area contributed by atoms with Crippen LogP contribution in [0, 0.1) is 18.8 Å². The topological polar surface area (TPSA) is 81.4 Å². The van der Waals surface area contributed by atoms with Gasteiger partial charge in [-0.1, -0.05) is 11.6 Å². The standard InChI is InChI=1S/C17H24N2O3/c1-11-3-8-15(18)14(9-11)16(20)19-10-12-4-6-13(7-5-12)17(21)22-2/h3,8-9,12-13H,4-7,10,18H2,1-2H3,(H,19,20). The van der Waals surface area contributed by atoms with Gasteiger partial charge in [-0.3, -0.25) is 9.59 Å². The van der Waals surface area contributed by atoms with Crippen molar-refractivity contribution >= 4 is 17.6 Å². The zero-order valence-electron chi connectivity index (χ0n) is 13.2. The van der Waals surface area contributed by atoms with E-state index in [1.807, 2.05) is 13.0 Å². The third-order valence-corrected chi connectivity index (χ3v) is 4.39. The molecule has 1 aromatic rings. The molecule has 0 aliphatic heterocycles. The van der Waals surface area contributed by atoms with E-state index in [-0.39, 0.29) is 17.8 Å². The average molecular weight is 304 g/mol. The molecule has 5 heteroatoms. The van der Waals surface area contributed by atoms with E-state index in [0.29, 0.717) is 23.7 Å². The van der Waals surface area contributed by atoms with Gasteiger partial charge in [0.25, 0.3) is 5.91 Å². The average Bonchev–Trinajstić information content (AvgIpc) is 2.54. The summed E-state index contributed by atoms with van der Waals surface area (Å²) in [6.45, 7) is 2.56. The Morgan fingerprint density at radius 3 is 2.59 bits per heavy atom. The molecule has 3 N–H and O–H groups in total. The number of anilines is 1. The molecule has 0 saturated heterocycles. The van der Waals surface area contributed by atoms with Crippen LogP contribution in [0.25, 0.3) is 0 Å². The van der Waals surface area contributed by atoms with Crippen molar-refractivity contribution in [2.24, 2.45) is 11.8 Å². The fourth-order valence-electron chi connectivity index (χ4n) is 2.97. The normalized spacial score (nSPS) is 21.2. The lowest BCUT2D eigenvalue weighted by Crippen LogP contribution is -2.33. The zero-order chi connectivity index (χ0) is 16.1. The summed E-state index contributed by atoms with van der Waals surface area (Å²) in [4.78, 5) is 23.7. The summed E-state index contributed by atoms with van der Waals surface area (Å²) >= 11 is 0. The molecule has 120 valence electrons. The van der Waals surface area contributed by atoms with Gasteiger partial charge in [0.2, 0.25) is 0 Å². The maximum absolute atomic E-state index is 12.2. The van der Waals surface area contributed by atoms with Crippen LogP contribution in [0.4, 0.5) is 5.69 Å².